The molecule has 8 N–H and O–H groups in total. The lowest BCUT2D eigenvalue weighted by Gasteiger charge is -2.39. The van der Waals surface area contributed by atoms with Gasteiger partial charge in [-0.2, -0.15) is 0 Å². The molecule has 6 rings (SSSR count). The Hall–Kier alpha value is -6.70. The maximum absolute atomic E-state index is 14.1. The summed E-state index contributed by atoms with van der Waals surface area (Å²) in [5.74, 6) is -12.5. The number of aromatic hydroxyl groups is 4. The minimum absolute atomic E-state index is 0.0824. The van der Waals surface area contributed by atoms with Gasteiger partial charge in [-0.15, -0.1) is 0 Å². The van der Waals surface area contributed by atoms with Crippen LogP contribution in [0.5, 0.6) is 23.0 Å². The van der Waals surface area contributed by atoms with Crippen LogP contribution < -0.4 is 0 Å². The molecule has 4 aromatic carbocycles. The zero-order valence-corrected chi connectivity index (χ0v) is 25.6. The minimum Gasteiger partial charge on any atom is -0.507 e. The Bertz CT molecular complexity index is 1920. The third-order valence-corrected chi connectivity index (χ3v) is 9.12. The molecule has 254 valence electrons. The number of carboxylic acid groups (broad SMARTS) is 4. The predicted octanol–water partition coefficient (Wildman–Crippen LogP) is 3.07. The number of benzene rings is 4. The molecule has 4 aromatic rings. The molecule has 14 nitrogen and oxygen atoms in total. The van der Waals surface area contributed by atoms with E-state index in [0.29, 0.717) is 0 Å². The fraction of sp³-hybridized carbons (Fsp3) is 0.167. The second-order valence-corrected chi connectivity index (χ2v) is 12.0. The summed E-state index contributed by atoms with van der Waals surface area (Å²) in [5.41, 5.74) is -1.94. The van der Waals surface area contributed by atoms with Crippen LogP contribution in [-0.4, -0.2) is 76.3 Å². The molecular formula is C36H26O14. The summed E-state index contributed by atoms with van der Waals surface area (Å²) >= 11 is 0. The standard InChI is InChI=1S/C36H26O14/c37-21(38)9-13-1-5-17-25(18-6-2-14(10-22(39)40)32(46)28(18)35(49)27(17)31(13)45)26-19-7-3-15(11-23(41)42)33(47)29(19)36(50)30-20(26)8-4-16(34(30)48)12-24(43)44/h1-8,25-26,45-48H,9-12H2,(H,37,38)(H,39,40)(H,41,42)(H,43,44). The SMILES string of the molecule is O=C(O)Cc1ccc2c(c1O)C(=O)c1c(ccc(CC(=O)O)c1O)C2C1c2ccc(CC(=O)O)c(O)c2C(=O)c2c1ccc(CC(=O)O)c2O. The van der Waals surface area contributed by atoms with Gasteiger partial charge in [0, 0.05) is 34.1 Å². The van der Waals surface area contributed by atoms with Crippen molar-refractivity contribution in [1.82, 2.24) is 0 Å². The molecule has 0 spiro atoms. The molecule has 0 saturated carbocycles. The number of phenolic OH excluding ortho intramolecular Hbond substituents is 4. The van der Waals surface area contributed by atoms with Gasteiger partial charge < -0.3 is 40.9 Å². The number of carbonyl (C=O) groups excluding carboxylic acids is 2. The fourth-order valence-electron chi connectivity index (χ4n) is 7.12. The maximum atomic E-state index is 14.1. The van der Waals surface area contributed by atoms with Crippen molar-refractivity contribution < 1.29 is 69.6 Å². The molecule has 0 unspecified atom stereocenters. The van der Waals surface area contributed by atoms with Gasteiger partial charge in [0.2, 0.25) is 11.6 Å². The van der Waals surface area contributed by atoms with E-state index in [1.807, 2.05) is 0 Å². The van der Waals surface area contributed by atoms with Crippen molar-refractivity contribution in [2.24, 2.45) is 0 Å². The van der Waals surface area contributed by atoms with Crippen LogP contribution in [0.1, 0.15) is 88.2 Å². The van der Waals surface area contributed by atoms with E-state index in [0.717, 1.165) is 0 Å². The second kappa shape index (κ2) is 12.1. The molecule has 14 heteroatoms. The fourth-order valence-corrected chi connectivity index (χ4v) is 7.12. The highest BCUT2D eigenvalue weighted by Gasteiger charge is 2.46. The minimum atomic E-state index is -1.33. The quantitative estimate of drug-likeness (QED) is 0.126. The van der Waals surface area contributed by atoms with Gasteiger partial charge in [-0.1, -0.05) is 48.5 Å². The number of fused-ring (bicyclic) bond motifs is 4. The van der Waals surface area contributed by atoms with Gasteiger partial charge in [0.1, 0.15) is 23.0 Å². The van der Waals surface area contributed by atoms with Crippen molar-refractivity contribution in [3.63, 3.8) is 0 Å². The average Bonchev–Trinajstić information content (AvgIpc) is 3.02. The zero-order chi connectivity index (χ0) is 36.3. The van der Waals surface area contributed by atoms with Crippen LogP contribution in [0.2, 0.25) is 0 Å². The highest BCUT2D eigenvalue weighted by Crippen LogP contribution is 2.56. The molecule has 2 aliphatic rings. The van der Waals surface area contributed by atoms with Crippen LogP contribution >= 0.6 is 0 Å². The average molecular weight is 683 g/mol. The van der Waals surface area contributed by atoms with Crippen molar-refractivity contribution >= 4 is 35.4 Å². The highest BCUT2D eigenvalue weighted by atomic mass is 16.4. The van der Waals surface area contributed by atoms with Crippen LogP contribution in [0.25, 0.3) is 0 Å². The Morgan fingerprint density at radius 2 is 0.600 bits per heavy atom. The van der Waals surface area contributed by atoms with Crippen LogP contribution in [0.4, 0.5) is 0 Å². The van der Waals surface area contributed by atoms with Crippen molar-refractivity contribution in [2.45, 2.75) is 37.5 Å². The second-order valence-electron chi connectivity index (χ2n) is 12.0. The van der Waals surface area contributed by atoms with E-state index in [-0.39, 0.29) is 44.5 Å². The van der Waals surface area contributed by atoms with Gasteiger partial charge in [0.15, 0.2) is 0 Å². The summed E-state index contributed by atoms with van der Waals surface area (Å²) in [5, 5.41) is 83.2. The van der Waals surface area contributed by atoms with E-state index in [2.05, 4.69) is 0 Å². The van der Waals surface area contributed by atoms with E-state index in [1.165, 1.54) is 48.5 Å². The van der Waals surface area contributed by atoms with Crippen molar-refractivity contribution in [2.75, 3.05) is 0 Å². The van der Waals surface area contributed by atoms with Crippen molar-refractivity contribution in [3.8, 4) is 23.0 Å². The summed E-state index contributed by atoms with van der Waals surface area (Å²) in [6.45, 7) is 0. The lowest BCUT2D eigenvalue weighted by Crippen LogP contribution is -2.30. The molecular weight excluding hydrogens is 656 g/mol. The summed E-state index contributed by atoms with van der Waals surface area (Å²) < 4.78 is 0. The number of rotatable bonds is 9. The van der Waals surface area contributed by atoms with E-state index in [9.17, 15) is 69.6 Å². The highest BCUT2D eigenvalue weighted by molar-refractivity contribution is 6.18. The maximum Gasteiger partial charge on any atom is 0.307 e. The zero-order valence-electron chi connectivity index (χ0n) is 25.6. The predicted molar refractivity (Wildman–Crippen MR) is 168 cm³/mol. The first-order valence-electron chi connectivity index (χ1n) is 15.0. The van der Waals surface area contributed by atoms with Crippen molar-refractivity contribution in [3.05, 3.63) is 115 Å². The molecule has 0 radical (unpaired) electrons. The topological polar surface area (TPSA) is 264 Å². The third-order valence-electron chi connectivity index (χ3n) is 9.12. The molecule has 0 amide bonds. The molecule has 0 aromatic heterocycles. The first kappa shape index (κ1) is 33.2. The largest absolute Gasteiger partial charge is 0.507 e. The molecule has 50 heavy (non-hydrogen) atoms. The normalized spacial score (nSPS) is 13.6. The number of carboxylic acids is 4. The van der Waals surface area contributed by atoms with Crippen LogP contribution in [-0.2, 0) is 44.9 Å². The molecule has 0 saturated heterocycles. The Balaban J connectivity index is 1.73. The summed E-state index contributed by atoms with van der Waals surface area (Å²) in [4.78, 5) is 74.7. The first-order valence-corrected chi connectivity index (χ1v) is 15.0. The number of phenols is 4. The summed E-state index contributed by atoms with van der Waals surface area (Å²) in [6.07, 6.45) is -2.78. The Labute approximate surface area is 280 Å². The van der Waals surface area contributed by atoms with E-state index >= 15 is 0 Å². The molecule has 0 fully saturated rings. The Kier molecular flexibility index (Phi) is 8.02. The van der Waals surface area contributed by atoms with Gasteiger partial charge in [-0.25, -0.2) is 0 Å². The number of hydrogen-bond acceptors (Lipinski definition) is 10. The molecule has 0 atom stereocenters. The van der Waals surface area contributed by atoms with Crippen molar-refractivity contribution in [1.29, 1.82) is 0 Å². The molecule has 2 aliphatic carbocycles. The monoisotopic (exact) mass is 682 g/mol. The van der Waals surface area contributed by atoms with E-state index in [1.54, 1.807) is 0 Å². The van der Waals surface area contributed by atoms with Crippen LogP contribution in [0.3, 0.4) is 0 Å². The Morgan fingerprint density at radius 1 is 0.400 bits per heavy atom. The van der Waals surface area contributed by atoms with Gasteiger partial charge in [-0.3, -0.25) is 28.8 Å². The first-order chi connectivity index (χ1) is 23.6. The Morgan fingerprint density at radius 3 is 0.780 bits per heavy atom. The number of carbonyl (C=O) groups is 6. The molecule has 0 bridgehead atoms. The summed E-state index contributed by atoms with van der Waals surface area (Å²) in [7, 11) is 0. The van der Waals surface area contributed by atoms with E-state index in [4.69, 9.17) is 0 Å². The van der Waals surface area contributed by atoms with Gasteiger partial charge >= 0.3 is 23.9 Å². The number of aliphatic carboxylic acids is 4. The third kappa shape index (κ3) is 5.23. The summed E-state index contributed by atoms with van der Waals surface area (Å²) in [6, 6.07) is 10.7. The number of hydrogen-bond donors (Lipinski definition) is 8. The van der Waals surface area contributed by atoms with Gasteiger partial charge in [0.25, 0.3) is 0 Å². The number of ketones is 2. The lowest BCUT2D eigenvalue weighted by molar-refractivity contribution is -0.137. The van der Waals surface area contributed by atoms with Crippen LogP contribution in [0, 0.1) is 0 Å². The smallest absolute Gasteiger partial charge is 0.307 e. The molecule has 0 heterocycles. The van der Waals surface area contributed by atoms with E-state index < -0.39 is 118 Å². The van der Waals surface area contributed by atoms with Gasteiger partial charge in [0.05, 0.1) is 47.9 Å². The van der Waals surface area contributed by atoms with Crippen LogP contribution in [0.15, 0.2) is 48.5 Å². The molecule has 0 aliphatic heterocycles. The lowest BCUT2D eigenvalue weighted by atomic mass is 9.63. The van der Waals surface area contributed by atoms with Gasteiger partial charge in [-0.05, 0) is 22.3 Å².